The van der Waals surface area contributed by atoms with Crippen LogP contribution in [0.1, 0.15) is 0 Å². The van der Waals surface area contributed by atoms with Gasteiger partial charge in [0.25, 0.3) is 0 Å². The first kappa shape index (κ1) is 12.5. The smallest absolute Gasteiger partial charge is 0.222 e. The van der Waals surface area contributed by atoms with Gasteiger partial charge in [0, 0.05) is 11.8 Å². The predicted octanol–water partition coefficient (Wildman–Crippen LogP) is 3.06. The molecule has 2 aromatic heterocycles. The van der Waals surface area contributed by atoms with Gasteiger partial charge in [-0.2, -0.15) is 10.1 Å². The Morgan fingerprint density at radius 1 is 0.864 bits per heavy atom. The Labute approximate surface area is 127 Å². The minimum Gasteiger partial charge on any atom is -0.368 e. The Hall–Kier alpha value is -3.21. The van der Waals surface area contributed by atoms with Crippen LogP contribution in [0.5, 0.6) is 0 Å². The van der Waals surface area contributed by atoms with Crippen LogP contribution in [0.2, 0.25) is 0 Å². The fourth-order valence-corrected chi connectivity index (χ4v) is 2.47. The normalized spacial score (nSPS) is 10.9. The summed E-state index contributed by atoms with van der Waals surface area (Å²) in [5, 5.41) is 5.61. The zero-order valence-electron chi connectivity index (χ0n) is 11.7. The maximum absolute atomic E-state index is 5.76. The van der Waals surface area contributed by atoms with Gasteiger partial charge in [-0.3, -0.25) is 0 Å². The zero-order valence-corrected chi connectivity index (χ0v) is 11.7. The summed E-state index contributed by atoms with van der Waals surface area (Å²) in [5.74, 6) is 0.240. The van der Waals surface area contributed by atoms with Gasteiger partial charge in [0.15, 0.2) is 5.65 Å². The van der Waals surface area contributed by atoms with E-state index in [2.05, 4.69) is 9.97 Å². The number of anilines is 1. The van der Waals surface area contributed by atoms with Crippen molar-refractivity contribution >= 4 is 17.0 Å². The molecule has 0 radical (unpaired) electrons. The summed E-state index contributed by atoms with van der Waals surface area (Å²) < 4.78 is 1.80. The van der Waals surface area contributed by atoms with Crippen molar-refractivity contribution in [2.75, 3.05) is 5.73 Å². The molecule has 0 saturated heterocycles. The average molecular weight is 287 g/mol. The van der Waals surface area contributed by atoms with Crippen LogP contribution in [-0.2, 0) is 0 Å². The summed E-state index contributed by atoms with van der Waals surface area (Å²) in [6.07, 6.45) is 1.73. The number of aromatic nitrogens is 4. The molecule has 0 saturated carbocycles. The number of rotatable bonds is 2. The van der Waals surface area contributed by atoms with Crippen LogP contribution in [-0.4, -0.2) is 19.7 Å². The third kappa shape index (κ3) is 2.00. The molecule has 2 aromatic carbocycles. The Morgan fingerprint density at radius 3 is 2.27 bits per heavy atom. The van der Waals surface area contributed by atoms with Crippen molar-refractivity contribution in [3.05, 3.63) is 66.9 Å². The first-order valence-corrected chi connectivity index (χ1v) is 6.95. The maximum atomic E-state index is 5.76. The third-order valence-electron chi connectivity index (χ3n) is 3.49. The summed E-state index contributed by atoms with van der Waals surface area (Å²) in [5.41, 5.74) is 9.27. The summed E-state index contributed by atoms with van der Waals surface area (Å²) in [7, 11) is 0. The van der Waals surface area contributed by atoms with Gasteiger partial charge in [-0.05, 0) is 12.1 Å². The molecule has 0 unspecified atom stereocenters. The van der Waals surface area contributed by atoms with Gasteiger partial charge >= 0.3 is 0 Å². The van der Waals surface area contributed by atoms with Crippen LogP contribution >= 0.6 is 0 Å². The van der Waals surface area contributed by atoms with E-state index in [1.807, 2.05) is 60.7 Å². The first-order chi connectivity index (χ1) is 10.8. The largest absolute Gasteiger partial charge is 0.368 e. The van der Waals surface area contributed by atoms with Crippen molar-refractivity contribution in [3.8, 4) is 16.9 Å². The van der Waals surface area contributed by atoms with Crippen LogP contribution in [0.15, 0.2) is 66.9 Å². The van der Waals surface area contributed by atoms with Crippen molar-refractivity contribution in [2.24, 2.45) is 0 Å². The number of nitrogens with zero attached hydrogens (tertiary/aromatic N) is 4. The summed E-state index contributed by atoms with van der Waals surface area (Å²) in [4.78, 5) is 8.48. The van der Waals surface area contributed by atoms with Gasteiger partial charge in [0.1, 0.15) is 5.69 Å². The van der Waals surface area contributed by atoms with E-state index in [1.54, 1.807) is 10.9 Å². The molecular formula is C17H13N5. The van der Waals surface area contributed by atoms with Gasteiger partial charge in [0.05, 0.1) is 11.1 Å². The molecule has 0 aliphatic rings. The van der Waals surface area contributed by atoms with Crippen molar-refractivity contribution in [3.63, 3.8) is 0 Å². The lowest BCUT2D eigenvalue weighted by atomic mass is 10.1. The van der Waals surface area contributed by atoms with Crippen molar-refractivity contribution in [1.29, 1.82) is 0 Å². The lowest BCUT2D eigenvalue weighted by Crippen LogP contribution is -2.00. The Bertz CT molecular complexity index is 929. The van der Waals surface area contributed by atoms with E-state index in [9.17, 15) is 0 Å². The van der Waals surface area contributed by atoms with Gasteiger partial charge in [-0.25, -0.2) is 9.67 Å². The predicted molar refractivity (Wildman–Crippen MR) is 86.5 cm³/mol. The Morgan fingerprint density at radius 2 is 1.55 bits per heavy atom. The molecular weight excluding hydrogens is 274 g/mol. The van der Waals surface area contributed by atoms with Crippen LogP contribution in [0.3, 0.4) is 0 Å². The highest BCUT2D eigenvalue weighted by atomic mass is 15.3. The van der Waals surface area contributed by atoms with Crippen LogP contribution in [0.25, 0.3) is 28.0 Å². The van der Waals surface area contributed by atoms with Crippen LogP contribution in [0.4, 0.5) is 5.95 Å². The van der Waals surface area contributed by atoms with E-state index in [4.69, 9.17) is 10.8 Å². The van der Waals surface area contributed by atoms with E-state index < -0.39 is 0 Å². The van der Waals surface area contributed by atoms with Crippen molar-refractivity contribution in [1.82, 2.24) is 19.7 Å². The van der Waals surface area contributed by atoms with E-state index in [-0.39, 0.29) is 5.95 Å². The SMILES string of the molecule is Nc1ncc2c(-c3ccccc3)nn(-c3ccccc3)c2n1. The highest BCUT2D eigenvalue weighted by Crippen LogP contribution is 2.28. The number of fused-ring (bicyclic) bond motifs is 1. The fourth-order valence-electron chi connectivity index (χ4n) is 2.47. The molecule has 2 heterocycles. The summed E-state index contributed by atoms with van der Waals surface area (Å²) in [6, 6.07) is 19.9. The van der Waals surface area contributed by atoms with Crippen molar-refractivity contribution < 1.29 is 0 Å². The number of nitrogens with two attached hydrogens (primary N) is 1. The molecule has 4 rings (SSSR count). The second kappa shape index (κ2) is 4.96. The Balaban J connectivity index is 2.04. The van der Waals surface area contributed by atoms with E-state index in [1.165, 1.54) is 0 Å². The average Bonchev–Trinajstić information content (AvgIpc) is 2.95. The molecule has 22 heavy (non-hydrogen) atoms. The lowest BCUT2D eigenvalue weighted by molar-refractivity contribution is 0.900. The molecule has 5 nitrogen and oxygen atoms in total. The molecule has 0 aliphatic carbocycles. The van der Waals surface area contributed by atoms with Gasteiger partial charge < -0.3 is 5.73 Å². The van der Waals surface area contributed by atoms with Gasteiger partial charge in [-0.15, -0.1) is 0 Å². The number of nitrogen functional groups attached to an aromatic ring is 1. The van der Waals surface area contributed by atoms with Crippen molar-refractivity contribution in [2.45, 2.75) is 0 Å². The molecule has 4 aromatic rings. The van der Waals surface area contributed by atoms with E-state index in [0.29, 0.717) is 5.65 Å². The quantitative estimate of drug-likeness (QED) is 0.615. The summed E-state index contributed by atoms with van der Waals surface area (Å²) >= 11 is 0. The molecule has 0 aliphatic heterocycles. The topological polar surface area (TPSA) is 69.6 Å². The molecule has 0 amide bonds. The Kier molecular flexibility index (Phi) is 2.83. The van der Waals surface area contributed by atoms with Crippen LogP contribution < -0.4 is 5.73 Å². The molecule has 106 valence electrons. The molecule has 0 bridgehead atoms. The fraction of sp³-hybridized carbons (Fsp3) is 0. The first-order valence-electron chi connectivity index (χ1n) is 6.95. The van der Waals surface area contributed by atoms with E-state index >= 15 is 0 Å². The third-order valence-corrected chi connectivity index (χ3v) is 3.49. The number of hydrogen-bond donors (Lipinski definition) is 1. The van der Waals surface area contributed by atoms with Crippen LogP contribution in [0, 0.1) is 0 Å². The number of para-hydroxylation sites is 1. The molecule has 2 N–H and O–H groups in total. The van der Waals surface area contributed by atoms with E-state index in [0.717, 1.165) is 22.3 Å². The second-order valence-corrected chi connectivity index (χ2v) is 4.93. The molecule has 0 spiro atoms. The van der Waals surface area contributed by atoms with Gasteiger partial charge in [0.2, 0.25) is 5.95 Å². The van der Waals surface area contributed by atoms with Gasteiger partial charge in [-0.1, -0.05) is 48.5 Å². The number of benzene rings is 2. The monoisotopic (exact) mass is 287 g/mol. The molecule has 0 atom stereocenters. The standard InChI is InChI=1S/C17H13N5/c18-17-19-11-14-15(12-7-3-1-4-8-12)21-22(16(14)20-17)13-9-5-2-6-10-13/h1-11H,(H2,18,19,20). The highest BCUT2D eigenvalue weighted by Gasteiger charge is 2.15. The molecule has 5 heteroatoms. The number of hydrogen-bond acceptors (Lipinski definition) is 4. The minimum atomic E-state index is 0.240. The second-order valence-electron chi connectivity index (χ2n) is 4.93. The summed E-state index contributed by atoms with van der Waals surface area (Å²) in [6.45, 7) is 0. The highest BCUT2D eigenvalue weighted by molar-refractivity contribution is 5.91. The lowest BCUT2D eigenvalue weighted by Gasteiger charge is -2.01. The molecule has 0 fully saturated rings. The maximum Gasteiger partial charge on any atom is 0.222 e. The zero-order chi connectivity index (χ0) is 14.9. The minimum absolute atomic E-state index is 0.240.